The van der Waals surface area contributed by atoms with Gasteiger partial charge in [0.15, 0.2) is 0 Å². The van der Waals surface area contributed by atoms with E-state index < -0.39 is 0 Å². The number of rotatable bonds is 5. The average molecular weight is 277 g/mol. The fourth-order valence-corrected chi connectivity index (χ4v) is 2.51. The fraction of sp³-hybridized carbons (Fsp3) is 0.167. The lowest BCUT2D eigenvalue weighted by Gasteiger charge is -2.16. The molecule has 0 amide bonds. The predicted molar refractivity (Wildman–Crippen MR) is 86.0 cm³/mol. The molecule has 0 saturated heterocycles. The van der Waals surface area contributed by atoms with Gasteiger partial charge in [-0.15, -0.1) is 0 Å². The number of imidazole rings is 1. The maximum Gasteiger partial charge on any atom is 0.127 e. The van der Waals surface area contributed by atoms with Gasteiger partial charge < -0.3 is 10.3 Å². The van der Waals surface area contributed by atoms with Crippen LogP contribution in [0.4, 0.5) is 0 Å². The van der Waals surface area contributed by atoms with Crippen molar-refractivity contribution in [2.45, 2.75) is 13.0 Å². The Hall–Kier alpha value is -2.39. The van der Waals surface area contributed by atoms with Crippen molar-refractivity contribution >= 4 is 0 Å². The molecule has 0 fully saturated rings. The lowest BCUT2D eigenvalue weighted by molar-refractivity contribution is 0.603. The van der Waals surface area contributed by atoms with E-state index in [9.17, 15) is 0 Å². The summed E-state index contributed by atoms with van der Waals surface area (Å²) >= 11 is 0. The van der Waals surface area contributed by atoms with Crippen LogP contribution in [0.1, 0.15) is 24.4 Å². The highest BCUT2D eigenvalue weighted by Crippen LogP contribution is 2.24. The molecule has 106 valence electrons. The minimum Gasteiger partial charge on any atom is -0.347 e. The van der Waals surface area contributed by atoms with E-state index in [0.29, 0.717) is 0 Å². The molecule has 1 heterocycles. The summed E-state index contributed by atoms with van der Waals surface area (Å²) in [5.41, 5.74) is 3.68. The van der Waals surface area contributed by atoms with Crippen molar-refractivity contribution < 1.29 is 0 Å². The first kappa shape index (κ1) is 13.6. The second kappa shape index (κ2) is 6.37. The molecule has 0 aliphatic carbocycles. The molecule has 1 atom stereocenters. The number of benzene rings is 2. The number of aromatic nitrogens is 2. The van der Waals surface area contributed by atoms with Gasteiger partial charge in [-0.2, -0.15) is 0 Å². The van der Waals surface area contributed by atoms with Crippen LogP contribution in [0.3, 0.4) is 0 Å². The van der Waals surface area contributed by atoms with Crippen LogP contribution in [0.15, 0.2) is 67.0 Å². The van der Waals surface area contributed by atoms with E-state index in [4.69, 9.17) is 0 Å². The van der Waals surface area contributed by atoms with Crippen molar-refractivity contribution in [3.05, 3.63) is 78.4 Å². The van der Waals surface area contributed by atoms with Crippen LogP contribution in [0, 0.1) is 0 Å². The number of nitrogens with zero attached hydrogens (tertiary/aromatic N) is 1. The Morgan fingerprint density at radius 1 is 1.00 bits per heavy atom. The Morgan fingerprint density at radius 2 is 1.71 bits per heavy atom. The van der Waals surface area contributed by atoms with E-state index in [0.717, 1.165) is 12.4 Å². The van der Waals surface area contributed by atoms with Gasteiger partial charge in [-0.25, -0.2) is 4.98 Å². The molecule has 0 radical (unpaired) electrons. The van der Waals surface area contributed by atoms with Crippen molar-refractivity contribution in [3.63, 3.8) is 0 Å². The number of aromatic amines is 1. The molecule has 0 bridgehead atoms. The van der Waals surface area contributed by atoms with Crippen molar-refractivity contribution in [2.75, 3.05) is 6.54 Å². The molecule has 2 N–H and O–H groups in total. The van der Waals surface area contributed by atoms with Gasteiger partial charge in [0, 0.05) is 12.4 Å². The fourth-order valence-electron chi connectivity index (χ4n) is 2.51. The van der Waals surface area contributed by atoms with E-state index in [2.05, 4.69) is 70.7 Å². The zero-order valence-corrected chi connectivity index (χ0v) is 12.1. The van der Waals surface area contributed by atoms with E-state index in [1.54, 1.807) is 6.20 Å². The van der Waals surface area contributed by atoms with Gasteiger partial charge in [-0.1, -0.05) is 61.5 Å². The molecule has 2 aromatic carbocycles. The summed E-state index contributed by atoms with van der Waals surface area (Å²) in [5, 5.41) is 3.47. The Labute approximate surface area is 125 Å². The number of hydrogen-bond acceptors (Lipinski definition) is 2. The van der Waals surface area contributed by atoms with Gasteiger partial charge in [-0.3, -0.25) is 0 Å². The summed E-state index contributed by atoms with van der Waals surface area (Å²) in [4.78, 5) is 7.57. The van der Waals surface area contributed by atoms with Crippen LogP contribution in [-0.2, 0) is 0 Å². The van der Waals surface area contributed by atoms with E-state index in [1.807, 2.05) is 12.3 Å². The summed E-state index contributed by atoms with van der Waals surface area (Å²) in [7, 11) is 0. The van der Waals surface area contributed by atoms with Crippen LogP contribution in [-0.4, -0.2) is 16.5 Å². The molecule has 1 aromatic heterocycles. The molecule has 1 unspecified atom stereocenters. The SMILES string of the molecule is CCNC(c1ccc(-c2ccccc2)cc1)c1ncc[nH]1. The average Bonchev–Trinajstić information content (AvgIpc) is 3.08. The zero-order valence-electron chi connectivity index (χ0n) is 12.1. The third-order valence-electron chi connectivity index (χ3n) is 3.55. The summed E-state index contributed by atoms with van der Waals surface area (Å²) in [5.74, 6) is 0.948. The summed E-state index contributed by atoms with van der Waals surface area (Å²) in [6, 6.07) is 19.2. The first-order valence-corrected chi connectivity index (χ1v) is 7.26. The van der Waals surface area contributed by atoms with Gasteiger partial charge in [0.05, 0.1) is 6.04 Å². The molecule has 3 rings (SSSR count). The van der Waals surface area contributed by atoms with Gasteiger partial charge in [0.2, 0.25) is 0 Å². The molecule has 0 aliphatic rings. The molecule has 0 saturated carbocycles. The Balaban J connectivity index is 1.89. The molecule has 3 nitrogen and oxygen atoms in total. The van der Waals surface area contributed by atoms with Gasteiger partial charge in [0.1, 0.15) is 5.82 Å². The van der Waals surface area contributed by atoms with Gasteiger partial charge in [0.25, 0.3) is 0 Å². The Morgan fingerprint density at radius 3 is 2.33 bits per heavy atom. The number of hydrogen-bond donors (Lipinski definition) is 2. The van der Waals surface area contributed by atoms with Crippen LogP contribution in [0.25, 0.3) is 11.1 Å². The maximum atomic E-state index is 4.37. The van der Waals surface area contributed by atoms with Crippen molar-refractivity contribution in [1.82, 2.24) is 15.3 Å². The highest BCUT2D eigenvalue weighted by atomic mass is 15.0. The van der Waals surface area contributed by atoms with Crippen LogP contribution in [0.5, 0.6) is 0 Å². The third kappa shape index (κ3) is 3.03. The Bertz CT molecular complexity index is 657. The smallest absolute Gasteiger partial charge is 0.127 e. The van der Waals surface area contributed by atoms with Crippen LogP contribution >= 0.6 is 0 Å². The molecular weight excluding hydrogens is 258 g/mol. The summed E-state index contributed by atoms with van der Waals surface area (Å²) < 4.78 is 0. The maximum absolute atomic E-state index is 4.37. The van der Waals surface area contributed by atoms with E-state index >= 15 is 0 Å². The molecule has 21 heavy (non-hydrogen) atoms. The summed E-state index contributed by atoms with van der Waals surface area (Å²) in [6.45, 7) is 3.00. The van der Waals surface area contributed by atoms with Crippen molar-refractivity contribution in [3.8, 4) is 11.1 Å². The lowest BCUT2D eigenvalue weighted by Crippen LogP contribution is -2.23. The standard InChI is InChI=1S/C18H19N3/c1-2-19-17(18-20-12-13-21-18)16-10-8-15(9-11-16)14-6-4-3-5-7-14/h3-13,17,19H,2H2,1H3,(H,20,21). The molecule has 0 aliphatic heterocycles. The normalized spacial score (nSPS) is 12.2. The molecule has 3 aromatic rings. The highest BCUT2D eigenvalue weighted by Gasteiger charge is 2.14. The highest BCUT2D eigenvalue weighted by molar-refractivity contribution is 5.63. The lowest BCUT2D eigenvalue weighted by atomic mass is 10.0. The minimum absolute atomic E-state index is 0.106. The first-order valence-electron chi connectivity index (χ1n) is 7.26. The number of H-pyrrole nitrogens is 1. The van der Waals surface area contributed by atoms with Gasteiger partial charge >= 0.3 is 0 Å². The summed E-state index contributed by atoms with van der Waals surface area (Å²) in [6.07, 6.45) is 3.65. The zero-order chi connectivity index (χ0) is 14.5. The minimum atomic E-state index is 0.106. The molecule has 3 heteroatoms. The van der Waals surface area contributed by atoms with Crippen LogP contribution in [0.2, 0.25) is 0 Å². The first-order chi connectivity index (χ1) is 10.4. The van der Waals surface area contributed by atoms with Gasteiger partial charge in [-0.05, 0) is 23.2 Å². The largest absolute Gasteiger partial charge is 0.347 e. The Kier molecular flexibility index (Phi) is 4.12. The second-order valence-electron chi connectivity index (χ2n) is 4.95. The van der Waals surface area contributed by atoms with Crippen molar-refractivity contribution in [1.29, 1.82) is 0 Å². The number of nitrogens with one attached hydrogen (secondary N) is 2. The third-order valence-corrected chi connectivity index (χ3v) is 3.55. The van der Waals surface area contributed by atoms with Crippen LogP contribution < -0.4 is 5.32 Å². The van der Waals surface area contributed by atoms with E-state index in [-0.39, 0.29) is 6.04 Å². The molecule has 0 spiro atoms. The molecular formula is C18H19N3. The van der Waals surface area contributed by atoms with E-state index in [1.165, 1.54) is 16.7 Å². The predicted octanol–water partition coefficient (Wildman–Crippen LogP) is 3.78. The quantitative estimate of drug-likeness (QED) is 0.745. The van der Waals surface area contributed by atoms with Crippen molar-refractivity contribution in [2.24, 2.45) is 0 Å². The topological polar surface area (TPSA) is 40.7 Å². The second-order valence-corrected chi connectivity index (χ2v) is 4.95. The monoisotopic (exact) mass is 277 g/mol.